The third-order valence-electron chi connectivity index (χ3n) is 0.841. The quantitative estimate of drug-likeness (QED) is 0.365. The summed E-state index contributed by atoms with van der Waals surface area (Å²) >= 11 is 0. The number of nitriles is 1. The lowest BCUT2D eigenvalue weighted by Crippen LogP contribution is -2.14. The number of hydrogen-bond donors (Lipinski definition) is 0. The minimum atomic E-state index is -2.71. The fourth-order valence-corrected chi connectivity index (χ4v) is 0.358. The molecule has 0 aromatic heterocycles. The van der Waals surface area contributed by atoms with Gasteiger partial charge in [0, 0.05) is 0 Å². The predicted molar refractivity (Wildman–Crippen MR) is 37.0 cm³/mol. The van der Waals surface area contributed by atoms with E-state index in [1.54, 1.807) is 0 Å². The largest absolute Gasteiger partial charge is 0.464 e. The van der Waals surface area contributed by atoms with E-state index >= 15 is 0 Å². The van der Waals surface area contributed by atoms with E-state index in [1.807, 2.05) is 0 Å². The fraction of sp³-hybridized carbons (Fsp3) is 0.500. The van der Waals surface area contributed by atoms with Crippen molar-refractivity contribution < 1.29 is 23.1 Å². The van der Waals surface area contributed by atoms with Gasteiger partial charge in [0.05, 0.1) is 7.11 Å². The Bertz CT molecular complexity index is 247. The molecule has 0 spiro atoms. The number of oxime groups is 1. The van der Waals surface area contributed by atoms with E-state index in [0.29, 0.717) is 0 Å². The normalized spacial score (nSPS) is 10.8. The van der Waals surface area contributed by atoms with Crippen molar-refractivity contribution in [1.29, 1.82) is 5.26 Å². The number of carbonyl (C=O) groups is 1. The molecule has 0 radical (unpaired) electrons. The molecule has 0 aromatic carbocycles. The Labute approximate surface area is 72.5 Å². The molecule has 0 aromatic rings. The maximum absolute atomic E-state index is 11.5. The van der Waals surface area contributed by atoms with Gasteiger partial charge in [0.1, 0.15) is 6.07 Å². The van der Waals surface area contributed by atoms with Crippen molar-refractivity contribution in [3.05, 3.63) is 0 Å². The SMILES string of the molecule is COC(=O)C(C#N)=NOCC(F)F. The number of nitrogens with zero attached hydrogens (tertiary/aromatic N) is 2. The molecule has 0 unspecified atom stereocenters. The molecule has 0 heterocycles. The Balaban J connectivity index is 4.10. The summed E-state index contributed by atoms with van der Waals surface area (Å²) in [5.74, 6) is -1.03. The van der Waals surface area contributed by atoms with Crippen LogP contribution >= 0.6 is 0 Å². The first-order valence-corrected chi connectivity index (χ1v) is 3.08. The number of methoxy groups -OCH3 is 1. The molecule has 13 heavy (non-hydrogen) atoms. The standard InChI is InChI=1S/C6H6F2N2O3/c1-12-6(11)4(2-9)10-13-3-5(7)8/h5H,3H2,1H3. The van der Waals surface area contributed by atoms with Crippen molar-refractivity contribution in [3.8, 4) is 6.07 Å². The second-order valence-corrected chi connectivity index (χ2v) is 1.73. The molecule has 0 atom stereocenters. The van der Waals surface area contributed by atoms with Crippen LogP contribution < -0.4 is 0 Å². The summed E-state index contributed by atoms with van der Waals surface area (Å²) in [6.45, 7) is -0.970. The van der Waals surface area contributed by atoms with E-state index in [0.717, 1.165) is 7.11 Å². The lowest BCUT2D eigenvalue weighted by atomic mass is 10.4. The van der Waals surface area contributed by atoms with Gasteiger partial charge in [0.25, 0.3) is 12.1 Å². The predicted octanol–water partition coefficient (Wildman–Crippen LogP) is 0.321. The van der Waals surface area contributed by atoms with Gasteiger partial charge in [0.15, 0.2) is 6.61 Å². The smallest absolute Gasteiger partial charge is 0.371 e. The molecular formula is C6H6F2N2O3. The van der Waals surface area contributed by atoms with Crippen LogP contribution in [-0.2, 0) is 14.4 Å². The van der Waals surface area contributed by atoms with Crippen molar-refractivity contribution in [3.63, 3.8) is 0 Å². The molecule has 0 bridgehead atoms. The van der Waals surface area contributed by atoms with E-state index in [1.165, 1.54) is 6.07 Å². The molecule has 0 aliphatic rings. The summed E-state index contributed by atoms with van der Waals surface area (Å²) in [6.07, 6.45) is -2.71. The summed E-state index contributed by atoms with van der Waals surface area (Å²) in [5.41, 5.74) is -0.705. The second-order valence-electron chi connectivity index (χ2n) is 1.73. The zero-order chi connectivity index (χ0) is 10.3. The highest BCUT2D eigenvalue weighted by Crippen LogP contribution is 1.93. The summed E-state index contributed by atoms with van der Waals surface area (Å²) in [6, 6.07) is 1.33. The van der Waals surface area contributed by atoms with Crippen LogP contribution in [0.15, 0.2) is 5.16 Å². The zero-order valence-electron chi connectivity index (χ0n) is 6.66. The minimum Gasteiger partial charge on any atom is -0.464 e. The number of alkyl halides is 2. The van der Waals surface area contributed by atoms with Crippen molar-refractivity contribution >= 4 is 11.7 Å². The van der Waals surface area contributed by atoms with Crippen molar-refractivity contribution in [2.45, 2.75) is 6.43 Å². The van der Waals surface area contributed by atoms with Gasteiger partial charge in [-0.25, -0.2) is 13.6 Å². The first-order valence-electron chi connectivity index (χ1n) is 3.08. The van der Waals surface area contributed by atoms with Crippen LogP contribution in [0.3, 0.4) is 0 Å². The molecule has 7 heteroatoms. The van der Waals surface area contributed by atoms with Crippen LogP contribution in [-0.4, -0.2) is 31.8 Å². The lowest BCUT2D eigenvalue weighted by molar-refractivity contribution is -0.132. The van der Waals surface area contributed by atoms with Crippen LogP contribution in [0.4, 0.5) is 8.78 Å². The molecule has 0 rings (SSSR count). The van der Waals surface area contributed by atoms with Crippen LogP contribution in [0, 0.1) is 11.3 Å². The average Bonchev–Trinajstić information content (AvgIpc) is 2.11. The highest BCUT2D eigenvalue weighted by Gasteiger charge is 2.12. The summed E-state index contributed by atoms with van der Waals surface area (Å²) in [4.78, 5) is 14.6. The summed E-state index contributed by atoms with van der Waals surface area (Å²) in [5, 5.41) is 11.1. The fourth-order valence-electron chi connectivity index (χ4n) is 0.358. The van der Waals surface area contributed by atoms with Crippen LogP contribution in [0.1, 0.15) is 0 Å². The monoisotopic (exact) mass is 192 g/mol. The van der Waals surface area contributed by atoms with Crippen molar-refractivity contribution in [1.82, 2.24) is 0 Å². The van der Waals surface area contributed by atoms with Gasteiger partial charge in [0.2, 0.25) is 0 Å². The van der Waals surface area contributed by atoms with Gasteiger partial charge < -0.3 is 9.57 Å². The number of esters is 1. The number of halogens is 2. The highest BCUT2D eigenvalue weighted by molar-refractivity contribution is 6.42. The molecule has 0 amide bonds. The first-order chi connectivity index (χ1) is 6.11. The molecule has 0 N–H and O–H groups in total. The Morgan fingerprint density at radius 1 is 1.69 bits per heavy atom. The first kappa shape index (κ1) is 11.3. The zero-order valence-corrected chi connectivity index (χ0v) is 6.66. The Morgan fingerprint density at radius 3 is 2.69 bits per heavy atom. The summed E-state index contributed by atoms with van der Waals surface area (Å²) in [7, 11) is 1.03. The van der Waals surface area contributed by atoms with Crippen LogP contribution in [0.2, 0.25) is 0 Å². The maximum Gasteiger partial charge on any atom is 0.371 e. The van der Waals surface area contributed by atoms with Gasteiger partial charge in [-0.15, -0.1) is 0 Å². The van der Waals surface area contributed by atoms with Crippen molar-refractivity contribution in [2.24, 2.45) is 5.16 Å². The van der Waals surface area contributed by atoms with Gasteiger partial charge in [-0.05, 0) is 0 Å². The molecule has 0 saturated heterocycles. The number of rotatable bonds is 4. The maximum atomic E-state index is 11.5. The summed E-state index contributed by atoms with van der Waals surface area (Å²) < 4.78 is 27.1. The van der Waals surface area contributed by atoms with Crippen LogP contribution in [0.25, 0.3) is 0 Å². The van der Waals surface area contributed by atoms with Crippen LogP contribution in [0.5, 0.6) is 0 Å². The van der Waals surface area contributed by atoms with Gasteiger partial charge in [-0.3, -0.25) is 0 Å². The molecule has 5 nitrogen and oxygen atoms in total. The topological polar surface area (TPSA) is 71.7 Å². The Hall–Kier alpha value is -1.71. The highest BCUT2D eigenvalue weighted by atomic mass is 19.3. The molecular weight excluding hydrogens is 186 g/mol. The lowest BCUT2D eigenvalue weighted by Gasteiger charge is -1.97. The minimum absolute atomic E-state index is 0.705. The number of hydrogen-bond acceptors (Lipinski definition) is 5. The van der Waals surface area contributed by atoms with E-state index in [2.05, 4.69) is 14.7 Å². The number of carbonyl (C=O) groups excluding carboxylic acids is 1. The second kappa shape index (κ2) is 5.88. The van der Waals surface area contributed by atoms with E-state index in [9.17, 15) is 13.6 Å². The molecule has 0 aliphatic carbocycles. The molecule has 0 fully saturated rings. The van der Waals surface area contributed by atoms with Crippen molar-refractivity contribution in [2.75, 3.05) is 13.7 Å². The number of ether oxygens (including phenoxy) is 1. The Morgan fingerprint density at radius 2 is 2.31 bits per heavy atom. The molecule has 0 saturated carbocycles. The van der Waals surface area contributed by atoms with Gasteiger partial charge in [-0.2, -0.15) is 5.26 Å². The van der Waals surface area contributed by atoms with E-state index in [-0.39, 0.29) is 0 Å². The van der Waals surface area contributed by atoms with Gasteiger partial charge in [-0.1, -0.05) is 5.16 Å². The van der Waals surface area contributed by atoms with E-state index in [4.69, 9.17) is 5.26 Å². The Kier molecular flexibility index (Phi) is 5.11. The average molecular weight is 192 g/mol. The third kappa shape index (κ3) is 4.68. The van der Waals surface area contributed by atoms with E-state index < -0.39 is 24.7 Å². The van der Waals surface area contributed by atoms with Gasteiger partial charge >= 0.3 is 5.97 Å². The molecule has 0 aliphatic heterocycles. The molecule has 72 valence electrons. The third-order valence-corrected chi connectivity index (χ3v) is 0.841.